The van der Waals surface area contributed by atoms with Crippen molar-refractivity contribution >= 4 is 17.4 Å². The number of allylic oxidation sites excluding steroid dienone is 1. The summed E-state index contributed by atoms with van der Waals surface area (Å²) in [5, 5.41) is 2.93. The summed E-state index contributed by atoms with van der Waals surface area (Å²) in [6.07, 6.45) is 4.37. The molecule has 2 heterocycles. The lowest BCUT2D eigenvalue weighted by molar-refractivity contribution is 0.180. The number of hydrogen-bond acceptors (Lipinski definition) is 2. The van der Waals surface area contributed by atoms with Gasteiger partial charge in [0.2, 0.25) is 0 Å². The van der Waals surface area contributed by atoms with Crippen LogP contribution in [0.1, 0.15) is 37.8 Å². The van der Waals surface area contributed by atoms with Crippen LogP contribution in [0.5, 0.6) is 0 Å². The van der Waals surface area contributed by atoms with Gasteiger partial charge in [0, 0.05) is 29.9 Å². The minimum Gasteiger partial charge on any atom is -0.308 e. The van der Waals surface area contributed by atoms with Crippen molar-refractivity contribution in [3.63, 3.8) is 0 Å². The number of nitrogens with zero attached hydrogens (tertiary/aromatic N) is 2. The molecule has 2 aromatic carbocycles. The Kier molecular flexibility index (Phi) is 5.65. The smallest absolute Gasteiger partial charge is 0.308 e. The van der Waals surface area contributed by atoms with Crippen LogP contribution in [0.2, 0.25) is 0 Å². The Morgan fingerprint density at radius 2 is 1.83 bits per heavy atom. The predicted octanol–water partition coefficient (Wildman–Crippen LogP) is 5.49. The number of fused-ring (bicyclic) bond motifs is 2. The van der Waals surface area contributed by atoms with Crippen molar-refractivity contribution in [2.24, 2.45) is 0 Å². The first-order chi connectivity index (χ1) is 14.4. The minimum atomic E-state index is -0.311. The molecule has 0 bridgehead atoms. The molecule has 2 aliphatic heterocycles. The van der Waals surface area contributed by atoms with E-state index in [0.717, 1.165) is 38.2 Å². The number of benzene rings is 2. The molecular weight excluding hydrogens is 377 g/mol. The average Bonchev–Trinajstić information content (AvgIpc) is 3.03. The van der Waals surface area contributed by atoms with Crippen molar-refractivity contribution in [3.8, 4) is 0 Å². The third kappa shape index (κ3) is 4.12. The van der Waals surface area contributed by atoms with E-state index < -0.39 is 0 Å². The summed E-state index contributed by atoms with van der Waals surface area (Å²) in [6.45, 7) is 10.1. The molecule has 1 saturated heterocycles. The van der Waals surface area contributed by atoms with Crippen molar-refractivity contribution in [2.45, 2.75) is 39.0 Å². The first-order valence-corrected chi connectivity index (χ1v) is 10.7. The van der Waals surface area contributed by atoms with Gasteiger partial charge >= 0.3 is 6.03 Å². The van der Waals surface area contributed by atoms with Crippen LogP contribution in [0.3, 0.4) is 0 Å². The quantitative estimate of drug-likeness (QED) is 0.683. The maximum Gasteiger partial charge on any atom is 0.326 e. The van der Waals surface area contributed by atoms with Gasteiger partial charge in [0.25, 0.3) is 0 Å². The van der Waals surface area contributed by atoms with Crippen LogP contribution >= 0.6 is 0 Å². The molecular formula is C25H30FN3O. The maximum atomic E-state index is 13.2. The van der Waals surface area contributed by atoms with Gasteiger partial charge in [0.15, 0.2) is 0 Å². The fourth-order valence-electron chi connectivity index (χ4n) is 4.59. The summed E-state index contributed by atoms with van der Waals surface area (Å²) >= 11 is 0. The summed E-state index contributed by atoms with van der Waals surface area (Å²) < 4.78 is 13.2. The summed E-state index contributed by atoms with van der Waals surface area (Å²) in [6, 6.07) is 12.1. The number of anilines is 2. The van der Waals surface area contributed by atoms with E-state index in [1.165, 1.54) is 28.8 Å². The van der Waals surface area contributed by atoms with Gasteiger partial charge in [-0.2, -0.15) is 0 Å². The zero-order chi connectivity index (χ0) is 21.3. The van der Waals surface area contributed by atoms with Crippen LogP contribution < -0.4 is 10.2 Å². The number of hydrogen-bond donors (Lipinski definition) is 1. The fourth-order valence-corrected chi connectivity index (χ4v) is 4.59. The van der Waals surface area contributed by atoms with E-state index in [0.29, 0.717) is 12.2 Å². The highest BCUT2D eigenvalue weighted by Gasteiger charge is 2.46. The van der Waals surface area contributed by atoms with E-state index in [4.69, 9.17) is 0 Å². The Balaban J connectivity index is 1.55. The standard InChI is InChI=1S/C25H30FN3O/c1-18(2)10-13-28-14-11-25(12-15-28)17-29(23-9-4-19(3)16-22(23)25)24(30)27-21-7-5-20(26)6-8-21/h4-10,16H,11-15,17H2,1-3H3,(H,27,30). The van der Waals surface area contributed by atoms with Gasteiger partial charge in [-0.3, -0.25) is 9.80 Å². The van der Waals surface area contributed by atoms with Gasteiger partial charge < -0.3 is 5.32 Å². The normalized spacial score (nSPS) is 17.7. The van der Waals surface area contributed by atoms with Crippen LogP contribution in [0, 0.1) is 12.7 Å². The second kappa shape index (κ2) is 8.23. The number of aryl methyl sites for hydroxylation is 1. The number of piperidine rings is 1. The van der Waals surface area contributed by atoms with Crippen LogP contribution in [0.4, 0.5) is 20.6 Å². The first-order valence-electron chi connectivity index (χ1n) is 10.7. The minimum absolute atomic E-state index is 0.00294. The monoisotopic (exact) mass is 407 g/mol. The zero-order valence-electron chi connectivity index (χ0n) is 18.0. The molecule has 0 radical (unpaired) electrons. The Morgan fingerprint density at radius 1 is 1.13 bits per heavy atom. The molecule has 2 amide bonds. The zero-order valence-corrected chi connectivity index (χ0v) is 18.0. The van der Waals surface area contributed by atoms with E-state index in [9.17, 15) is 9.18 Å². The maximum absolute atomic E-state index is 13.2. The first kappa shape index (κ1) is 20.6. The number of carbonyl (C=O) groups is 1. The Labute approximate surface area is 178 Å². The molecule has 0 aliphatic carbocycles. The second-order valence-electron chi connectivity index (χ2n) is 8.91. The molecule has 30 heavy (non-hydrogen) atoms. The highest BCUT2D eigenvalue weighted by atomic mass is 19.1. The molecule has 4 nitrogen and oxygen atoms in total. The van der Waals surface area contributed by atoms with E-state index in [1.807, 2.05) is 4.90 Å². The van der Waals surface area contributed by atoms with Crippen molar-refractivity contribution in [2.75, 3.05) is 36.4 Å². The molecule has 1 spiro atoms. The number of halogens is 1. The Morgan fingerprint density at radius 3 is 2.50 bits per heavy atom. The van der Waals surface area contributed by atoms with Crippen molar-refractivity contribution in [3.05, 3.63) is 71.1 Å². The van der Waals surface area contributed by atoms with Crippen molar-refractivity contribution in [1.29, 1.82) is 0 Å². The molecule has 0 unspecified atom stereocenters. The Bertz CT molecular complexity index is 955. The van der Waals surface area contributed by atoms with Crippen molar-refractivity contribution in [1.82, 2.24) is 4.90 Å². The number of nitrogens with one attached hydrogen (secondary N) is 1. The molecule has 0 aromatic heterocycles. The van der Waals surface area contributed by atoms with Gasteiger partial charge in [-0.25, -0.2) is 9.18 Å². The Hall–Kier alpha value is -2.66. The largest absolute Gasteiger partial charge is 0.326 e. The summed E-state index contributed by atoms with van der Waals surface area (Å²) in [5.41, 5.74) is 5.47. The van der Waals surface area contributed by atoms with Crippen LogP contribution in [-0.2, 0) is 5.41 Å². The molecule has 158 valence electrons. The number of carbonyl (C=O) groups excluding carboxylic acids is 1. The number of likely N-dealkylation sites (tertiary alicyclic amines) is 1. The number of amides is 2. The van der Waals surface area contributed by atoms with Crippen LogP contribution in [0.15, 0.2) is 54.1 Å². The molecule has 2 aliphatic rings. The molecule has 5 heteroatoms. The SMILES string of the molecule is CC(C)=CCN1CCC2(CC1)CN(C(=O)Nc1ccc(F)cc1)c1ccc(C)cc12. The predicted molar refractivity (Wildman–Crippen MR) is 121 cm³/mol. The topological polar surface area (TPSA) is 35.6 Å². The van der Waals surface area contributed by atoms with Gasteiger partial charge in [-0.15, -0.1) is 0 Å². The van der Waals surface area contributed by atoms with Gasteiger partial charge in [0.1, 0.15) is 5.82 Å². The molecule has 0 atom stereocenters. The molecule has 1 fully saturated rings. The molecule has 4 rings (SSSR count). The lowest BCUT2D eigenvalue weighted by Crippen LogP contribution is -2.46. The lowest BCUT2D eigenvalue weighted by atomic mass is 9.74. The van der Waals surface area contributed by atoms with Crippen LogP contribution in [0.25, 0.3) is 0 Å². The molecule has 2 aromatic rings. The highest BCUT2D eigenvalue weighted by molar-refractivity contribution is 6.03. The third-order valence-corrected chi connectivity index (χ3v) is 6.39. The number of urea groups is 1. The summed E-state index contributed by atoms with van der Waals surface area (Å²) in [4.78, 5) is 17.5. The van der Waals surface area contributed by atoms with Crippen LogP contribution in [-0.4, -0.2) is 37.1 Å². The van der Waals surface area contributed by atoms with Gasteiger partial charge in [0.05, 0.1) is 0 Å². The fraction of sp³-hybridized carbons (Fsp3) is 0.400. The average molecular weight is 408 g/mol. The van der Waals surface area contributed by atoms with E-state index in [1.54, 1.807) is 12.1 Å². The van der Waals surface area contributed by atoms with Gasteiger partial charge in [-0.05, 0) is 82.6 Å². The second-order valence-corrected chi connectivity index (χ2v) is 8.91. The van der Waals surface area contributed by atoms with E-state index >= 15 is 0 Å². The summed E-state index contributed by atoms with van der Waals surface area (Å²) in [7, 11) is 0. The highest BCUT2D eigenvalue weighted by Crippen LogP contribution is 2.47. The lowest BCUT2D eigenvalue weighted by Gasteiger charge is -2.39. The third-order valence-electron chi connectivity index (χ3n) is 6.39. The number of rotatable bonds is 3. The van der Waals surface area contributed by atoms with E-state index in [2.05, 4.69) is 55.3 Å². The van der Waals surface area contributed by atoms with Gasteiger partial charge in [-0.1, -0.05) is 29.3 Å². The van der Waals surface area contributed by atoms with E-state index in [-0.39, 0.29) is 17.3 Å². The molecule has 1 N–H and O–H groups in total. The van der Waals surface area contributed by atoms with Crippen molar-refractivity contribution < 1.29 is 9.18 Å². The summed E-state index contributed by atoms with van der Waals surface area (Å²) in [5.74, 6) is -0.311. The molecule has 0 saturated carbocycles.